The minimum absolute atomic E-state index is 0.167. The molecule has 9 heteroatoms. The number of carbonyl (C=O) groups excluding carboxylic acids is 1. The zero-order valence-electron chi connectivity index (χ0n) is 14.3. The van der Waals surface area contributed by atoms with Crippen molar-refractivity contribution in [2.24, 2.45) is 12.1 Å². The van der Waals surface area contributed by atoms with E-state index < -0.39 is 11.9 Å². The van der Waals surface area contributed by atoms with Crippen LogP contribution in [0.5, 0.6) is 5.75 Å². The number of aryl methyl sites for hydroxylation is 2. The van der Waals surface area contributed by atoms with Crippen molar-refractivity contribution in [3.8, 4) is 5.75 Å². The van der Waals surface area contributed by atoms with E-state index in [0.717, 1.165) is 4.68 Å². The summed E-state index contributed by atoms with van der Waals surface area (Å²) in [5, 5.41) is 11.8. The van der Waals surface area contributed by atoms with Crippen molar-refractivity contribution in [2.75, 3.05) is 0 Å². The maximum atomic E-state index is 13.8. The summed E-state index contributed by atoms with van der Waals surface area (Å²) in [4.78, 5) is 12.0. The second-order valence-corrected chi connectivity index (χ2v) is 5.44. The predicted octanol–water partition coefficient (Wildman–Crippen LogP) is 1.86. The van der Waals surface area contributed by atoms with E-state index in [1.807, 2.05) is 30.3 Å². The number of hydrogen-bond donors (Lipinski definition) is 1. The zero-order valence-corrected chi connectivity index (χ0v) is 14.3. The minimum atomic E-state index is -0.525. The van der Waals surface area contributed by atoms with Gasteiger partial charge in [0.1, 0.15) is 5.75 Å². The van der Waals surface area contributed by atoms with Gasteiger partial charge in [-0.3, -0.25) is 4.79 Å². The molecule has 2 aromatic heterocycles. The Balaban J connectivity index is 1.57. The number of aromatic nitrogens is 4. The topological polar surface area (TPSA) is 86.3 Å². The molecule has 3 aromatic rings. The molecule has 1 aromatic carbocycles. The quantitative estimate of drug-likeness (QED) is 0.540. The molecule has 0 aliphatic rings. The van der Waals surface area contributed by atoms with Crippen LogP contribution >= 0.6 is 0 Å². The van der Waals surface area contributed by atoms with Gasteiger partial charge in [0, 0.05) is 13.2 Å². The van der Waals surface area contributed by atoms with E-state index >= 15 is 0 Å². The van der Waals surface area contributed by atoms with Gasteiger partial charge in [-0.05, 0) is 25.1 Å². The Morgan fingerprint density at radius 2 is 2.08 bits per heavy atom. The number of para-hydroxylation sites is 1. The maximum absolute atomic E-state index is 13.8. The molecule has 0 unspecified atom stereocenters. The average molecular weight is 356 g/mol. The standard InChI is InChI=1S/C17H17FN6O2/c1-12-14(16(18)23(2)21-12)10-19-20-17(25)15-8-9-24(22-15)11-26-13-6-4-3-5-7-13/h3-10H,11H2,1-2H3,(H,20,25). The van der Waals surface area contributed by atoms with Crippen LogP contribution in [0.25, 0.3) is 0 Å². The predicted molar refractivity (Wildman–Crippen MR) is 92.3 cm³/mol. The van der Waals surface area contributed by atoms with E-state index in [-0.39, 0.29) is 18.0 Å². The van der Waals surface area contributed by atoms with Gasteiger partial charge in [-0.1, -0.05) is 18.2 Å². The Bertz CT molecular complexity index is 932. The van der Waals surface area contributed by atoms with Crippen molar-refractivity contribution in [3.63, 3.8) is 0 Å². The molecular formula is C17H17FN6O2. The van der Waals surface area contributed by atoms with Crippen LogP contribution in [-0.4, -0.2) is 31.7 Å². The van der Waals surface area contributed by atoms with Crippen molar-refractivity contribution >= 4 is 12.1 Å². The number of amides is 1. The highest BCUT2D eigenvalue weighted by atomic mass is 19.1. The first-order chi connectivity index (χ1) is 12.5. The van der Waals surface area contributed by atoms with Gasteiger partial charge in [-0.2, -0.15) is 19.7 Å². The first-order valence-corrected chi connectivity index (χ1v) is 7.78. The van der Waals surface area contributed by atoms with E-state index in [1.54, 1.807) is 13.1 Å². The number of benzene rings is 1. The van der Waals surface area contributed by atoms with Crippen molar-refractivity contribution in [3.05, 3.63) is 65.5 Å². The molecule has 0 aliphatic carbocycles. The number of hydrazone groups is 1. The average Bonchev–Trinajstić information content (AvgIpc) is 3.21. The van der Waals surface area contributed by atoms with Crippen LogP contribution in [0, 0.1) is 12.9 Å². The Kier molecular flexibility index (Phi) is 5.07. The van der Waals surface area contributed by atoms with Gasteiger partial charge < -0.3 is 4.74 Å². The molecule has 0 aliphatic heterocycles. The van der Waals surface area contributed by atoms with Gasteiger partial charge in [0.2, 0.25) is 5.95 Å². The third kappa shape index (κ3) is 3.94. The number of nitrogens with one attached hydrogen (secondary N) is 1. The Hall–Kier alpha value is -3.49. The molecule has 0 fully saturated rings. The number of rotatable bonds is 6. The van der Waals surface area contributed by atoms with Crippen LogP contribution in [0.1, 0.15) is 21.7 Å². The Labute approximate surface area is 148 Å². The molecule has 0 radical (unpaired) electrons. The van der Waals surface area contributed by atoms with Gasteiger partial charge in [0.25, 0.3) is 5.91 Å². The first kappa shape index (κ1) is 17.3. The van der Waals surface area contributed by atoms with Crippen LogP contribution in [0.15, 0.2) is 47.7 Å². The van der Waals surface area contributed by atoms with Crippen molar-refractivity contribution < 1.29 is 13.9 Å². The SMILES string of the molecule is Cc1nn(C)c(F)c1C=NNC(=O)c1ccn(COc2ccccc2)n1. The number of halogens is 1. The van der Waals surface area contributed by atoms with Crippen molar-refractivity contribution in [2.45, 2.75) is 13.7 Å². The first-order valence-electron chi connectivity index (χ1n) is 7.78. The summed E-state index contributed by atoms with van der Waals surface area (Å²) < 4.78 is 21.9. The lowest BCUT2D eigenvalue weighted by Gasteiger charge is -2.05. The van der Waals surface area contributed by atoms with Gasteiger partial charge in [-0.25, -0.2) is 14.8 Å². The second-order valence-electron chi connectivity index (χ2n) is 5.44. The fourth-order valence-electron chi connectivity index (χ4n) is 2.22. The normalized spacial score (nSPS) is 11.0. The Morgan fingerprint density at radius 3 is 2.77 bits per heavy atom. The smallest absolute Gasteiger partial charge is 0.291 e. The zero-order chi connectivity index (χ0) is 18.5. The van der Waals surface area contributed by atoms with Crippen LogP contribution in [0.2, 0.25) is 0 Å². The van der Waals surface area contributed by atoms with Gasteiger partial charge >= 0.3 is 0 Å². The molecule has 0 bridgehead atoms. The van der Waals surface area contributed by atoms with Crippen LogP contribution in [0.3, 0.4) is 0 Å². The molecule has 0 atom stereocenters. The Morgan fingerprint density at radius 1 is 1.31 bits per heavy atom. The molecule has 1 N–H and O–H groups in total. The molecule has 2 heterocycles. The summed E-state index contributed by atoms with van der Waals surface area (Å²) in [7, 11) is 1.49. The molecule has 0 saturated carbocycles. The van der Waals surface area contributed by atoms with E-state index in [0.29, 0.717) is 11.4 Å². The van der Waals surface area contributed by atoms with Gasteiger partial charge in [0.05, 0.1) is 17.5 Å². The fourth-order valence-corrected chi connectivity index (χ4v) is 2.22. The maximum Gasteiger partial charge on any atom is 0.291 e. The third-order valence-electron chi connectivity index (χ3n) is 3.54. The summed E-state index contributed by atoms with van der Waals surface area (Å²) in [5.41, 5.74) is 3.17. The molecule has 134 valence electrons. The number of carbonyl (C=O) groups is 1. The van der Waals surface area contributed by atoms with Crippen LogP contribution < -0.4 is 10.2 Å². The lowest BCUT2D eigenvalue weighted by molar-refractivity contribution is 0.0948. The number of ether oxygens (including phenoxy) is 1. The van der Waals surface area contributed by atoms with Crippen molar-refractivity contribution in [1.29, 1.82) is 0 Å². The highest BCUT2D eigenvalue weighted by Crippen LogP contribution is 2.09. The largest absolute Gasteiger partial charge is 0.471 e. The van der Waals surface area contributed by atoms with Crippen LogP contribution in [0.4, 0.5) is 4.39 Å². The minimum Gasteiger partial charge on any atom is -0.471 e. The van der Waals surface area contributed by atoms with E-state index in [4.69, 9.17) is 4.74 Å². The van der Waals surface area contributed by atoms with Crippen LogP contribution in [-0.2, 0) is 13.8 Å². The summed E-state index contributed by atoms with van der Waals surface area (Å²) in [6.45, 7) is 1.82. The summed E-state index contributed by atoms with van der Waals surface area (Å²) in [5.74, 6) is -0.336. The van der Waals surface area contributed by atoms with Gasteiger partial charge in [-0.15, -0.1) is 0 Å². The molecule has 0 saturated heterocycles. The highest BCUT2D eigenvalue weighted by Gasteiger charge is 2.12. The highest BCUT2D eigenvalue weighted by molar-refractivity contribution is 5.93. The summed E-state index contributed by atoms with van der Waals surface area (Å²) in [6.07, 6.45) is 2.83. The monoisotopic (exact) mass is 356 g/mol. The number of nitrogens with zero attached hydrogens (tertiary/aromatic N) is 5. The lowest BCUT2D eigenvalue weighted by Crippen LogP contribution is -2.19. The third-order valence-corrected chi connectivity index (χ3v) is 3.54. The van der Waals surface area contributed by atoms with E-state index in [1.165, 1.54) is 24.0 Å². The molecule has 8 nitrogen and oxygen atoms in total. The molecule has 1 amide bonds. The number of hydrogen-bond acceptors (Lipinski definition) is 5. The van der Waals surface area contributed by atoms with Crippen molar-refractivity contribution in [1.82, 2.24) is 25.0 Å². The molecule has 26 heavy (non-hydrogen) atoms. The van der Waals surface area contributed by atoms with Gasteiger partial charge in [0.15, 0.2) is 12.4 Å². The lowest BCUT2D eigenvalue weighted by atomic mass is 10.3. The molecule has 0 spiro atoms. The molecule has 3 rings (SSSR count). The van der Waals surface area contributed by atoms with E-state index in [2.05, 4.69) is 20.7 Å². The fraction of sp³-hybridized carbons (Fsp3) is 0.176. The second kappa shape index (κ2) is 7.60. The summed E-state index contributed by atoms with van der Waals surface area (Å²) >= 11 is 0. The van der Waals surface area contributed by atoms with E-state index in [9.17, 15) is 9.18 Å². The summed E-state index contributed by atoms with van der Waals surface area (Å²) in [6, 6.07) is 10.8. The molecular weight excluding hydrogens is 339 g/mol.